The summed E-state index contributed by atoms with van der Waals surface area (Å²) >= 11 is 0. The first-order valence-electron chi connectivity index (χ1n) is 8.71. The maximum Gasteiger partial charge on any atom is 0.306 e. The first-order chi connectivity index (χ1) is 11.5. The van der Waals surface area contributed by atoms with Gasteiger partial charge in [0.1, 0.15) is 0 Å². The van der Waals surface area contributed by atoms with E-state index in [4.69, 9.17) is 9.84 Å². The van der Waals surface area contributed by atoms with Crippen LogP contribution >= 0.6 is 0 Å². The fourth-order valence-corrected chi connectivity index (χ4v) is 4.07. The van der Waals surface area contributed by atoms with Gasteiger partial charge in [-0.3, -0.25) is 9.59 Å². The van der Waals surface area contributed by atoms with Crippen LogP contribution in [0.3, 0.4) is 0 Å². The third-order valence-electron chi connectivity index (χ3n) is 5.27. The fourth-order valence-electron chi connectivity index (χ4n) is 4.07. The van der Waals surface area contributed by atoms with Crippen molar-refractivity contribution in [1.82, 2.24) is 4.90 Å². The predicted molar refractivity (Wildman–Crippen MR) is 89.9 cm³/mol. The van der Waals surface area contributed by atoms with Crippen LogP contribution in [0.25, 0.3) is 0 Å². The molecule has 24 heavy (non-hydrogen) atoms. The second-order valence-corrected chi connectivity index (χ2v) is 7.00. The van der Waals surface area contributed by atoms with Crippen LogP contribution in [0.2, 0.25) is 0 Å². The van der Waals surface area contributed by atoms with Gasteiger partial charge in [-0.15, -0.1) is 0 Å². The molecule has 1 N–H and O–H groups in total. The minimum Gasteiger partial charge on any atom is -0.481 e. The molecule has 1 atom stereocenters. The molecule has 1 saturated heterocycles. The Labute approximate surface area is 142 Å². The number of amides is 1. The SMILES string of the molecule is Cc1cccc(C2(C(=O)N3CCOC(CC(=O)O)C3)CCCC2)c1. The summed E-state index contributed by atoms with van der Waals surface area (Å²) in [6, 6.07) is 8.25. The van der Waals surface area contributed by atoms with Gasteiger partial charge in [-0.05, 0) is 25.3 Å². The highest BCUT2D eigenvalue weighted by Crippen LogP contribution is 2.43. The summed E-state index contributed by atoms with van der Waals surface area (Å²) in [4.78, 5) is 26.2. The van der Waals surface area contributed by atoms with Crippen LogP contribution in [0.4, 0.5) is 0 Å². The third kappa shape index (κ3) is 3.31. The van der Waals surface area contributed by atoms with Crippen molar-refractivity contribution in [3.8, 4) is 0 Å². The van der Waals surface area contributed by atoms with E-state index in [0.29, 0.717) is 19.7 Å². The van der Waals surface area contributed by atoms with E-state index in [0.717, 1.165) is 36.8 Å². The molecule has 2 fully saturated rings. The van der Waals surface area contributed by atoms with Crippen molar-refractivity contribution in [2.75, 3.05) is 19.7 Å². The van der Waals surface area contributed by atoms with E-state index in [-0.39, 0.29) is 12.3 Å². The molecule has 0 spiro atoms. The molecule has 0 radical (unpaired) electrons. The van der Waals surface area contributed by atoms with E-state index in [1.807, 2.05) is 24.0 Å². The zero-order valence-corrected chi connectivity index (χ0v) is 14.2. The summed E-state index contributed by atoms with van der Waals surface area (Å²) in [5.41, 5.74) is 1.82. The molecule has 5 nitrogen and oxygen atoms in total. The van der Waals surface area contributed by atoms with Gasteiger partial charge in [0.05, 0.1) is 24.5 Å². The van der Waals surface area contributed by atoms with Crippen molar-refractivity contribution in [3.05, 3.63) is 35.4 Å². The standard InChI is InChI=1S/C19H25NO4/c1-14-5-4-6-15(11-14)19(7-2-3-8-19)18(23)20-9-10-24-16(13-20)12-17(21)22/h4-6,11,16H,2-3,7-10,12-13H2,1H3,(H,21,22). The van der Waals surface area contributed by atoms with Crippen molar-refractivity contribution in [2.24, 2.45) is 0 Å². The molecule has 0 aromatic heterocycles. The van der Waals surface area contributed by atoms with E-state index >= 15 is 0 Å². The Balaban J connectivity index is 1.83. The van der Waals surface area contributed by atoms with Crippen LogP contribution in [0.15, 0.2) is 24.3 Å². The van der Waals surface area contributed by atoms with Crippen LogP contribution in [0.5, 0.6) is 0 Å². The van der Waals surface area contributed by atoms with Gasteiger partial charge in [-0.1, -0.05) is 42.7 Å². The molecule has 1 aromatic carbocycles. The van der Waals surface area contributed by atoms with Crippen molar-refractivity contribution < 1.29 is 19.4 Å². The molecule has 1 amide bonds. The first-order valence-corrected chi connectivity index (χ1v) is 8.71. The van der Waals surface area contributed by atoms with Gasteiger partial charge >= 0.3 is 5.97 Å². The number of nitrogens with zero attached hydrogens (tertiary/aromatic N) is 1. The van der Waals surface area contributed by atoms with Crippen molar-refractivity contribution in [3.63, 3.8) is 0 Å². The average molecular weight is 331 g/mol. The Kier molecular flexibility index (Phi) is 4.90. The minimum absolute atomic E-state index is 0.0543. The van der Waals surface area contributed by atoms with E-state index < -0.39 is 17.5 Å². The number of aliphatic carboxylic acids is 1. The minimum atomic E-state index is -0.886. The Bertz CT molecular complexity index is 622. The van der Waals surface area contributed by atoms with Gasteiger partial charge in [0.25, 0.3) is 0 Å². The van der Waals surface area contributed by atoms with Crippen molar-refractivity contribution >= 4 is 11.9 Å². The number of carboxylic acids is 1. The average Bonchev–Trinajstić information content (AvgIpc) is 3.05. The molecule has 1 aliphatic heterocycles. The summed E-state index contributed by atoms with van der Waals surface area (Å²) in [6.07, 6.45) is 3.40. The number of carboxylic acid groups (broad SMARTS) is 1. The second kappa shape index (κ2) is 6.93. The molecule has 3 rings (SSSR count). The van der Waals surface area contributed by atoms with Crippen LogP contribution in [-0.2, 0) is 19.7 Å². The number of aryl methyl sites for hydroxylation is 1. The largest absolute Gasteiger partial charge is 0.481 e. The lowest BCUT2D eigenvalue weighted by molar-refractivity contribution is -0.150. The molecule has 1 aliphatic carbocycles. The van der Waals surface area contributed by atoms with Gasteiger partial charge in [0.2, 0.25) is 5.91 Å². The normalized spacial score (nSPS) is 23.2. The Hall–Kier alpha value is -1.88. The predicted octanol–water partition coefficient (Wildman–Crippen LogP) is 2.51. The number of hydrogen-bond donors (Lipinski definition) is 1. The van der Waals surface area contributed by atoms with E-state index in [2.05, 4.69) is 12.1 Å². The number of ether oxygens (including phenoxy) is 1. The van der Waals surface area contributed by atoms with Gasteiger partial charge < -0.3 is 14.7 Å². The van der Waals surface area contributed by atoms with Gasteiger partial charge in [-0.25, -0.2) is 0 Å². The Morgan fingerprint density at radius 3 is 2.75 bits per heavy atom. The number of carbonyl (C=O) groups is 2. The van der Waals surface area contributed by atoms with E-state index in [1.54, 1.807) is 0 Å². The van der Waals surface area contributed by atoms with E-state index in [1.165, 1.54) is 0 Å². The fraction of sp³-hybridized carbons (Fsp3) is 0.579. The van der Waals surface area contributed by atoms with Crippen LogP contribution < -0.4 is 0 Å². The molecule has 130 valence electrons. The summed E-state index contributed by atoms with van der Waals surface area (Å²) in [6.45, 7) is 3.38. The lowest BCUT2D eigenvalue weighted by Gasteiger charge is -2.39. The molecule has 0 bridgehead atoms. The van der Waals surface area contributed by atoms with Crippen LogP contribution in [0.1, 0.15) is 43.2 Å². The monoisotopic (exact) mass is 331 g/mol. The van der Waals surface area contributed by atoms with Gasteiger partial charge in [-0.2, -0.15) is 0 Å². The zero-order chi connectivity index (χ0) is 17.2. The Morgan fingerprint density at radius 1 is 1.33 bits per heavy atom. The summed E-state index contributed by atoms with van der Waals surface area (Å²) in [5, 5.41) is 8.98. The quantitative estimate of drug-likeness (QED) is 0.920. The molecule has 1 aromatic rings. The number of hydrogen-bond acceptors (Lipinski definition) is 3. The summed E-state index contributed by atoms with van der Waals surface area (Å²) in [5.74, 6) is -0.743. The molecule has 1 saturated carbocycles. The topological polar surface area (TPSA) is 66.8 Å². The lowest BCUT2D eigenvalue weighted by Crippen LogP contribution is -2.52. The highest BCUT2D eigenvalue weighted by molar-refractivity contribution is 5.89. The number of benzene rings is 1. The lowest BCUT2D eigenvalue weighted by atomic mass is 9.77. The molecule has 2 aliphatic rings. The number of morpholine rings is 1. The highest BCUT2D eigenvalue weighted by Gasteiger charge is 2.45. The first kappa shape index (κ1) is 17.0. The highest BCUT2D eigenvalue weighted by atomic mass is 16.5. The van der Waals surface area contributed by atoms with Crippen molar-refractivity contribution in [1.29, 1.82) is 0 Å². The maximum atomic E-state index is 13.4. The number of carbonyl (C=O) groups excluding carboxylic acids is 1. The number of rotatable bonds is 4. The summed E-state index contributed by atoms with van der Waals surface area (Å²) < 4.78 is 5.51. The zero-order valence-electron chi connectivity index (χ0n) is 14.2. The molecule has 5 heteroatoms. The van der Waals surface area contributed by atoms with Crippen LogP contribution in [-0.4, -0.2) is 47.7 Å². The van der Waals surface area contributed by atoms with Gasteiger partial charge in [0, 0.05) is 13.1 Å². The second-order valence-electron chi connectivity index (χ2n) is 7.00. The smallest absolute Gasteiger partial charge is 0.306 e. The molecular formula is C19H25NO4. The third-order valence-corrected chi connectivity index (χ3v) is 5.27. The Morgan fingerprint density at radius 2 is 2.08 bits per heavy atom. The van der Waals surface area contributed by atoms with E-state index in [9.17, 15) is 9.59 Å². The molecule has 1 heterocycles. The maximum absolute atomic E-state index is 13.4. The van der Waals surface area contributed by atoms with Crippen molar-refractivity contribution in [2.45, 2.75) is 50.5 Å². The van der Waals surface area contributed by atoms with Gasteiger partial charge in [0.15, 0.2) is 0 Å². The summed E-state index contributed by atoms with van der Waals surface area (Å²) in [7, 11) is 0. The molecule has 1 unspecified atom stereocenters. The van der Waals surface area contributed by atoms with Crippen LogP contribution in [0, 0.1) is 6.92 Å². The molecular weight excluding hydrogens is 306 g/mol.